The van der Waals surface area contributed by atoms with Crippen LogP contribution in [0.3, 0.4) is 0 Å². The van der Waals surface area contributed by atoms with E-state index in [0.717, 1.165) is 19.3 Å². The van der Waals surface area contributed by atoms with E-state index >= 15 is 0 Å². The summed E-state index contributed by atoms with van der Waals surface area (Å²) in [5.41, 5.74) is 5.48. The van der Waals surface area contributed by atoms with Crippen molar-refractivity contribution in [2.75, 3.05) is 19.8 Å². The van der Waals surface area contributed by atoms with Gasteiger partial charge in [-0.3, -0.25) is 0 Å². The van der Waals surface area contributed by atoms with Gasteiger partial charge in [-0.05, 0) is 12.8 Å². The second kappa shape index (κ2) is 5.46. The highest BCUT2D eigenvalue weighted by molar-refractivity contribution is 5.11. The number of hydrogen-bond donors (Lipinski definition) is 1. The van der Waals surface area contributed by atoms with Gasteiger partial charge in [-0.25, -0.2) is 0 Å². The van der Waals surface area contributed by atoms with Crippen molar-refractivity contribution in [1.82, 2.24) is 10.1 Å². The van der Waals surface area contributed by atoms with Crippen molar-refractivity contribution >= 4 is 0 Å². The topological polar surface area (TPSA) is 74.2 Å². The summed E-state index contributed by atoms with van der Waals surface area (Å²) in [6, 6.07) is 0. The van der Waals surface area contributed by atoms with Gasteiger partial charge in [0.05, 0.1) is 12.0 Å². The third-order valence-corrected chi connectivity index (χ3v) is 3.36. The Morgan fingerprint density at radius 3 is 2.63 bits per heavy atom. The summed E-state index contributed by atoms with van der Waals surface area (Å²) in [7, 11) is 0. The number of hydrogen-bond acceptors (Lipinski definition) is 5. The first kappa shape index (κ1) is 14.3. The Bertz CT molecular complexity index is 410. The third kappa shape index (κ3) is 3.44. The summed E-state index contributed by atoms with van der Waals surface area (Å²) < 4.78 is 45.2. The lowest BCUT2D eigenvalue weighted by atomic mass is 9.69. The van der Waals surface area contributed by atoms with E-state index in [-0.39, 0.29) is 18.4 Å². The summed E-state index contributed by atoms with van der Waals surface area (Å²) in [6.45, 7) is -0.905. The minimum absolute atomic E-state index is 0.0892. The molecule has 1 aliphatic carbocycles. The van der Waals surface area contributed by atoms with Crippen LogP contribution >= 0.6 is 0 Å². The van der Waals surface area contributed by atoms with Gasteiger partial charge < -0.3 is 15.0 Å². The zero-order chi connectivity index (χ0) is 13.9. The largest absolute Gasteiger partial charge is 0.411 e. The minimum Gasteiger partial charge on any atom is -0.372 e. The van der Waals surface area contributed by atoms with Crippen LogP contribution in [-0.4, -0.2) is 36.1 Å². The fraction of sp³-hybridized carbons (Fsp3) is 0.818. The molecule has 0 aromatic carbocycles. The molecule has 1 fully saturated rings. The second-order valence-electron chi connectivity index (χ2n) is 4.77. The summed E-state index contributed by atoms with van der Waals surface area (Å²) in [5.74, 6) is 0.851. The molecule has 0 aliphatic heterocycles. The first-order valence-corrected chi connectivity index (χ1v) is 6.13. The van der Waals surface area contributed by atoms with Crippen molar-refractivity contribution in [3.05, 3.63) is 11.7 Å². The maximum absolute atomic E-state index is 11.9. The van der Waals surface area contributed by atoms with E-state index in [2.05, 4.69) is 14.9 Å². The van der Waals surface area contributed by atoms with Crippen molar-refractivity contribution in [2.24, 2.45) is 5.73 Å². The number of halogens is 3. The number of rotatable bonds is 6. The number of alkyl halides is 3. The van der Waals surface area contributed by atoms with Crippen LogP contribution in [-0.2, 0) is 16.6 Å². The van der Waals surface area contributed by atoms with Gasteiger partial charge in [0.2, 0.25) is 5.89 Å². The molecule has 8 heteroatoms. The first-order chi connectivity index (χ1) is 8.95. The molecular formula is C11H16F3N3O2. The fourth-order valence-electron chi connectivity index (χ4n) is 2.03. The lowest BCUT2D eigenvalue weighted by Crippen LogP contribution is -2.41. The average molecular weight is 279 g/mol. The van der Waals surface area contributed by atoms with Crippen molar-refractivity contribution in [2.45, 2.75) is 37.3 Å². The molecule has 0 atom stereocenters. The highest BCUT2D eigenvalue weighted by atomic mass is 19.4. The van der Waals surface area contributed by atoms with Crippen LogP contribution in [0, 0.1) is 0 Å². The van der Waals surface area contributed by atoms with Gasteiger partial charge in [-0.1, -0.05) is 11.6 Å². The van der Waals surface area contributed by atoms with E-state index in [1.165, 1.54) is 0 Å². The Balaban J connectivity index is 1.81. The Kier molecular flexibility index (Phi) is 4.10. The average Bonchev–Trinajstić information content (AvgIpc) is 2.72. The van der Waals surface area contributed by atoms with Crippen LogP contribution in [0.15, 0.2) is 4.52 Å². The van der Waals surface area contributed by atoms with Gasteiger partial charge in [0.15, 0.2) is 5.82 Å². The molecule has 0 radical (unpaired) electrons. The Morgan fingerprint density at radius 2 is 2.11 bits per heavy atom. The molecule has 0 amide bonds. The van der Waals surface area contributed by atoms with E-state index in [1.54, 1.807) is 0 Å². The summed E-state index contributed by atoms with van der Waals surface area (Å²) in [5, 5.41) is 3.74. The molecule has 0 saturated heterocycles. The lowest BCUT2D eigenvalue weighted by molar-refractivity contribution is -0.173. The Hall–Kier alpha value is -1.15. The summed E-state index contributed by atoms with van der Waals surface area (Å²) >= 11 is 0. The molecule has 2 rings (SSSR count). The highest BCUT2D eigenvalue weighted by Crippen LogP contribution is 2.41. The predicted molar refractivity (Wildman–Crippen MR) is 59.5 cm³/mol. The smallest absolute Gasteiger partial charge is 0.372 e. The molecule has 1 saturated carbocycles. The number of nitrogens with zero attached hydrogens (tertiary/aromatic N) is 2. The van der Waals surface area contributed by atoms with Crippen molar-refractivity contribution in [1.29, 1.82) is 0 Å². The molecule has 1 aromatic heterocycles. The molecule has 19 heavy (non-hydrogen) atoms. The van der Waals surface area contributed by atoms with Gasteiger partial charge in [0.25, 0.3) is 0 Å². The number of nitrogens with two attached hydrogens (primary N) is 1. The quantitative estimate of drug-likeness (QED) is 0.800. The first-order valence-electron chi connectivity index (χ1n) is 6.13. The van der Waals surface area contributed by atoms with Crippen LogP contribution in [0.1, 0.15) is 31.0 Å². The Morgan fingerprint density at radius 1 is 1.37 bits per heavy atom. The zero-order valence-electron chi connectivity index (χ0n) is 10.4. The predicted octanol–water partition coefficient (Wildman–Crippen LogP) is 1.57. The molecule has 0 bridgehead atoms. The molecule has 108 valence electrons. The molecule has 0 spiro atoms. The highest BCUT2D eigenvalue weighted by Gasteiger charge is 2.42. The van der Waals surface area contributed by atoms with E-state index in [9.17, 15) is 13.2 Å². The van der Waals surface area contributed by atoms with Crippen molar-refractivity contribution < 1.29 is 22.4 Å². The lowest BCUT2D eigenvalue weighted by Gasteiger charge is -2.36. The van der Waals surface area contributed by atoms with Crippen LogP contribution in [0.25, 0.3) is 0 Å². The molecular weight excluding hydrogens is 263 g/mol. The van der Waals surface area contributed by atoms with Gasteiger partial charge >= 0.3 is 6.18 Å². The molecule has 2 N–H and O–H groups in total. The maximum atomic E-state index is 11.9. The molecule has 0 unspecified atom stereocenters. The van der Waals surface area contributed by atoms with E-state index in [1.807, 2.05) is 0 Å². The molecule has 1 heterocycles. The van der Waals surface area contributed by atoms with Crippen LogP contribution in [0.2, 0.25) is 0 Å². The van der Waals surface area contributed by atoms with Gasteiger partial charge in [0, 0.05) is 13.0 Å². The Labute approximate surface area is 108 Å². The van der Waals surface area contributed by atoms with E-state index in [4.69, 9.17) is 10.3 Å². The monoisotopic (exact) mass is 279 g/mol. The summed E-state index contributed by atoms with van der Waals surface area (Å²) in [6.07, 6.45) is -1.22. The van der Waals surface area contributed by atoms with Crippen molar-refractivity contribution in [3.8, 4) is 0 Å². The van der Waals surface area contributed by atoms with Crippen molar-refractivity contribution in [3.63, 3.8) is 0 Å². The minimum atomic E-state index is -4.31. The summed E-state index contributed by atoms with van der Waals surface area (Å²) in [4.78, 5) is 4.19. The fourth-order valence-corrected chi connectivity index (χ4v) is 2.03. The van der Waals surface area contributed by atoms with Crippen LogP contribution < -0.4 is 5.73 Å². The van der Waals surface area contributed by atoms with Gasteiger partial charge in [0.1, 0.15) is 6.61 Å². The van der Waals surface area contributed by atoms with Gasteiger partial charge in [-0.2, -0.15) is 18.2 Å². The SMILES string of the molecule is NCC1(c2nc(CCOCC(F)(F)F)no2)CCC1. The normalized spacial score (nSPS) is 18.3. The van der Waals surface area contributed by atoms with Crippen LogP contribution in [0.5, 0.6) is 0 Å². The second-order valence-corrected chi connectivity index (χ2v) is 4.77. The standard InChI is InChI=1S/C11H16F3N3O2/c12-11(13,14)7-18-5-2-8-16-9(19-17-8)10(6-15)3-1-4-10/h1-7,15H2. The van der Waals surface area contributed by atoms with Gasteiger partial charge in [-0.15, -0.1) is 0 Å². The van der Waals surface area contributed by atoms with Crippen LogP contribution in [0.4, 0.5) is 13.2 Å². The maximum Gasteiger partial charge on any atom is 0.411 e. The molecule has 5 nitrogen and oxygen atoms in total. The number of aromatic nitrogens is 2. The zero-order valence-corrected chi connectivity index (χ0v) is 10.4. The molecule has 1 aromatic rings. The van der Waals surface area contributed by atoms with E-state index < -0.39 is 12.8 Å². The third-order valence-electron chi connectivity index (χ3n) is 3.36. The molecule has 1 aliphatic rings. The van der Waals surface area contributed by atoms with E-state index in [0.29, 0.717) is 18.3 Å². The number of ether oxygens (including phenoxy) is 1.